The number of nitrogens with zero attached hydrogens (tertiary/aromatic N) is 1. The maximum Gasteiger partial charge on any atom is 0.312 e. The average Bonchev–Trinajstić information content (AvgIpc) is 3.28. The van der Waals surface area contributed by atoms with E-state index < -0.39 is 5.41 Å². The van der Waals surface area contributed by atoms with Gasteiger partial charge in [-0.3, -0.25) is 9.59 Å². The number of carbonyl (C=O) groups is 2. The van der Waals surface area contributed by atoms with Gasteiger partial charge in [-0.05, 0) is 80.0 Å². The molecule has 1 aliphatic heterocycles. The maximum absolute atomic E-state index is 13.8. The van der Waals surface area contributed by atoms with Crippen molar-refractivity contribution in [3.8, 4) is 0 Å². The van der Waals surface area contributed by atoms with Crippen molar-refractivity contribution in [1.29, 1.82) is 0 Å². The van der Waals surface area contributed by atoms with Crippen LogP contribution in [0.1, 0.15) is 104 Å². The number of esters is 2. The minimum absolute atomic E-state index is 0.0139. The fourth-order valence-corrected chi connectivity index (χ4v) is 11.0. The van der Waals surface area contributed by atoms with Crippen LogP contribution >= 0.6 is 0 Å². The molecule has 0 amide bonds. The van der Waals surface area contributed by atoms with E-state index in [1.807, 2.05) is 6.20 Å². The van der Waals surface area contributed by atoms with Crippen molar-refractivity contribution in [2.24, 2.45) is 45.3 Å². The Kier molecular flexibility index (Phi) is 5.39. The zero-order valence-corrected chi connectivity index (χ0v) is 23.8. The van der Waals surface area contributed by atoms with Crippen molar-refractivity contribution >= 4 is 11.9 Å². The van der Waals surface area contributed by atoms with Crippen molar-refractivity contribution in [3.63, 3.8) is 0 Å². The molecule has 9 atom stereocenters. The molecule has 6 rings (SSSR count). The summed E-state index contributed by atoms with van der Waals surface area (Å²) in [5.41, 5.74) is 0.179. The smallest absolute Gasteiger partial charge is 0.312 e. The molecule has 4 aliphatic carbocycles. The number of hydrogen-bond donors (Lipinski definition) is 0. The fraction of sp³-hybridized carbons (Fsp3) is 0.839. The van der Waals surface area contributed by atoms with Crippen molar-refractivity contribution in [2.45, 2.75) is 111 Å². The number of fused-ring (bicyclic) bond motifs is 8. The highest BCUT2D eigenvalue weighted by molar-refractivity contribution is 5.78. The predicted octanol–water partition coefficient (Wildman–Crippen LogP) is 6.26. The third-order valence-corrected chi connectivity index (χ3v) is 13.0. The van der Waals surface area contributed by atoms with Gasteiger partial charge in [0.05, 0.1) is 18.7 Å². The molecule has 1 unspecified atom stereocenters. The van der Waals surface area contributed by atoms with Gasteiger partial charge in [0.15, 0.2) is 0 Å². The molecule has 3 saturated carbocycles. The second-order valence-electron chi connectivity index (χ2n) is 14.8. The Balaban J connectivity index is 1.47. The number of rotatable bonds is 1. The summed E-state index contributed by atoms with van der Waals surface area (Å²) < 4.78 is 17.8. The zero-order valence-electron chi connectivity index (χ0n) is 23.8. The van der Waals surface area contributed by atoms with Crippen LogP contribution in [0.25, 0.3) is 0 Å². The van der Waals surface area contributed by atoms with Crippen molar-refractivity contribution in [2.75, 3.05) is 7.11 Å². The quantitative estimate of drug-likeness (QED) is 0.414. The van der Waals surface area contributed by atoms with E-state index in [-0.39, 0.29) is 51.5 Å². The maximum atomic E-state index is 13.8. The molecule has 4 fully saturated rings. The standard InChI is InChI=1S/C31H45NO5/c1-18-8-11-31(26(34)35-7)13-12-30(6)25(20(31)14-18)36-23(33)15-22-28(4)16-19-17-32-37-24(19)27(2,3)21(28)9-10-29(22,30)5/h17-18,20-22,25H,8-16H2,1-7H3/t18-,20?,21-,22+,25-,28-,29+,30+,31-/m0/s1. The van der Waals surface area contributed by atoms with Gasteiger partial charge in [-0.1, -0.05) is 46.7 Å². The summed E-state index contributed by atoms with van der Waals surface area (Å²) in [6.07, 6.45) is 9.62. The molecule has 1 aromatic heterocycles. The number of aromatic nitrogens is 1. The second-order valence-corrected chi connectivity index (χ2v) is 14.8. The monoisotopic (exact) mass is 511 g/mol. The van der Waals surface area contributed by atoms with Crippen molar-refractivity contribution in [3.05, 3.63) is 17.5 Å². The highest BCUT2D eigenvalue weighted by Crippen LogP contribution is 2.73. The van der Waals surface area contributed by atoms with Crippen LogP contribution in [0.5, 0.6) is 0 Å². The average molecular weight is 512 g/mol. The molecule has 0 bridgehead atoms. The first-order valence-corrected chi connectivity index (χ1v) is 14.6. The van der Waals surface area contributed by atoms with E-state index in [0.717, 1.165) is 57.1 Å². The molecule has 37 heavy (non-hydrogen) atoms. The molecular weight excluding hydrogens is 466 g/mol. The first-order valence-electron chi connectivity index (χ1n) is 14.6. The van der Waals surface area contributed by atoms with E-state index in [1.54, 1.807) is 0 Å². The summed E-state index contributed by atoms with van der Waals surface area (Å²) in [5.74, 6) is 1.96. The number of carbonyl (C=O) groups excluding carboxylic acids is 2. The predicted molar refractivity (Wildman–Crippen MR) is 138 cm³/mol. The van der Waals surface area contributed by atoms with Crippen LogP contribution in [0, 0.1) is 45.3 Å². The minimum atomic E-state index is -0.535. The molecule has 6 nitrogen and oxygen atoms in total. The van der Waals surface area contributed by atoms with Crippen molar-refractivity contribution < 1.29 is 23.6 Å². The van der Waals surface area contributed by atoms with E-state index in [0.29, 0.717) is 18.3 Å². The molecule has 1 saturated heterocycles. The van der Waals surface area contributed by atoms with Gasteiger partial charge < -0.3 is 14.0 Å². The Morgan fingerprint density at radius 3 is 2.51 bits per heavy atom. The van der Waals surface area contributed by atoms with Gasteiger partial charge in [-0.15, -0.1) is 0 Å². The van der Waals surface area contributed by atoms with E-state index in [1.165, 1.54) is 12.7 Å². The molecule has 5 aliphatic rings. The lowest BCUT2D eigenvalue weighted by Crippen LogP contribution is -2.66. The summed E-state index contributed by atoms with van der Waals surface area (Å²) in [7, 11) is 1.52. The van der Waals surface area contributed by atoms with E-state index in [2.05, 4.69) is 46.7 Å². The van der Waals surface area contributed by atoms with Gasteiger partial charge in [0, 0.05) is 28.7 Å². The van der Waals surface area contributed by atoms with Crippen LogP contribution in [0.4, 0.5) is 0 Å². The largest absolute Gasteiger partial charge is 0.469 e. The van der Waals surface area contributed by atoms with Gasteiger partial charge >= 0.3 is 11.9 Å². The van der Waals surface area contributed by atoms with Crippen LogP contribution in [0.15, 0.2) is 10.7 Å². The van der Waals surface area contributed by atoms with E-state index >= 15 is 0 Å². The van der Waals surface area contributed by atoms with E-state index in [9.17, 15) is 9.59 Å². The molecule has 6 heteroatoms. The molecule has 0 N–H and O–H groups in total. The van der Waals surface area contributed by atoms with Crippen LogP contribution in [0.2, 0.25) is 0 Å². The highest BCUT2D eigenvalue weighted by Gasteiger charge is 2.71. The summed E-state index contributed by atoms with van der Waals surface area (Å²) in [6.45, 7) is 14.2. The Morgan fingerprint density at radius 2 is 1.78 bits per heavy atom. The SMILES string of the molecule is COC(=O)[C@]12CC[C@H](C)CC1[C@@H]1OC(=O)C[C@@H]3[C@@]4(C)Cc5cnoc5C(C)(C)[C@@H]4CC[C@@]3(C)[C@]1(C)CC2. The van der Waals surface area contributed by atoms with Gasteiger partial charge in [0.1, 0.15) is 11.9 Å². The number of ether oxygens (including phenoxy) is 2. The lowest BCUT2D eigenvalue weighted by molar-refractivity contribution is -0.223. The number of methoxy groups -OCH3 is 1. The Labute approximate surface area is 221 Å². The van der Waals surface area contributed by atoms with Crippen LogP contribution < -0.4 is 0 Å². The summed E-state index contributed by atoms with van der Waals surface area (Å²) in [6, 6.07) is 0. The molecule has 0 aromatic carbocycles. The summed E-state index contributed by atoms with van der Waals surface area (Å²) in [5, 5.41) is 4.20. The minimum Gasteiger partial charge on any atom is -0.469 e. The molecule has 2 heterocycles. The Bertz CT molecular complexity index is 1120. The third-order valence-electron chi connectivity index (χ3n) is 13.0. The van der Waals surface area contributed by atoms with Crippen LogP contribution in [-0.4, -0.2) is 30.3 Å². The molecule has 204 valence electrons. The normalized spacial score (nSPS) is 48.2. The molecule has 1 aromatic rings. The zero-order chi connectivity index (χ0) is 26.6. The fourth-order valence-electron chi connectivity index (χ4n) is 11.0. The second kappa shape index (κ2) is 7.85. The van der Waals surface area contributed by atoms with Crippen molar-refractivity contribution in [1.82, 2.24) is 5.16 Å². The van der Waals surface area contributed by atoms with E-state index in [4.69, 9.17) is 14.0 Å². The lowest BCUT2D eigenvalue weighted by atomic mass is 9.36. The third kappa shape index (κ3) is 3.07. The molecule has 0 radical (unpaired) electrons. The lowest BCUT2D eigenvalue weighted by Gasteiger charge is -2.67. The highest BCUT2D eigenvalue weighted by atomic mass is 16.5. The first-order chi connectivity index (χ1) is 17.3. The molecule has 0 spiro atoms. The van der Waals surface area contributed by atoms with Crippen LogP contribution in [0.3, 0.4) is 0 Å². The Hall–Kier alpha value is -1.85. The number of hydrogen-bond acceptors (Lipinski definition) is 6. The first kappa shape index (κ1) is 25.4. The topological polar surface area (TPSA) is 78.6 Å². The summed E-state index contributed by atoms with van der Waals surface area (Å²) >= 11 is 0. The van der Waals surface area contributed by atoms with Gasteiger partial charge in [-0.25, -0.2) is 0 Å². The Morgan fingerprint density at radius 1 is 1.03 bits per heavy atom. The van der Waals surface area contributed by atoms with Crippen LogP contribution in [-0.2, 0) is 30.9 Å². The van der Waals surface area contributed by atoms with Gasteiger partial charge in [0.2, 0.25) is 0 Å². The van der Waals surface area contributed by atoms with Gasteiger partial charge in [0.25, 0.3) is 0 Å². The molecular formula is C31H45NO5. The summed E-state index contributed by atoms with van der Waals surface area (Å²) in [4.78, 5) is 27.1. The van der Waals surface area contributed by atoms with Gasteiger partial charge in [-0.2, -0.15) is 0 Å².